The molecular formula is C24H55N5O4. The van der Waals surface area contributed by atoms with E-state index in [1.165, 1.54) is 6.08 Å². The van der Waals surface area contributed by atoms with Crippen molar-refractivity contribution < 1.29 is 19.7 Å². The third-order valence-corrected chi connectivity index (χ3v) is 3.01. The average Bonchev–Trinajstić information content (AvgIpc) is 2.69. The Morgan fingerprint density at radius 1 is 0.697 bits per heavy atom. The SMILES string of the molecule is C.C.C.C.C.C=CC#N.CN(CCO)CCO.CN(CCOCCC#N)CCOCCC#N. The highest BCUT2D eigenvalue weighted by Crippen LogP contribution is 1.87. The first kappa shape index (κ1) is 52.7. The van der Waals surface area contributed by atoms with Gasteiger partial charge in [-0.15, -0.1) is 0 Å². The zero-order valence-corrected chi connectivity index (χ0v) is 17.2. The van der Waals surface area contributed by atoms with Gasteiger partial charge in [-0.1, -0.05) is 43.7 Å². The Kier molecular flexibility index (Phi) is 83.3. The Morgan fingerprint density at radius 2 is 1.00 bits per heavy atom. The predicted octanol–water partition coefficient (Wildman–Crippen LogP) is 3.56. The van der Waals surface area contributed by atoms with E-state index >= 15 is 0 Å². The molecule has 0 aliphatic heterocycles. The summed E-state index contributed by atoms with van der Waals surface area (Å²) in [6, 6.07) is 5.74. The van der Waals surface area contributed by atoms with Gasteiger partial charge in [0.05, 0.1) is 70.7 Å². The lowest BCUT2D eigenvalue weighted by atomic mass is 10.5. The quantitative estimate of drug-likeness (QED) is 0.284. The van der Waals surface area contributed by atoms with Gasteiger partial charge in [0.15, 0.2) is 0 Å². The van der Waals surface area contributed by atoms with Crippen LogP contribution in [0.5, 0.6) is 0 Å². The number of rotatable bonds is 14. The Labute approximate surface area is 206 Å². The minimum Gasteiger partial charge on any atom is -0.395 e. The molecule has 0 saturated carbocycles. The van der Waals surface area contributed by atoms with Crippen LogP contribution in [0.4, 0.5) is 0 Å². The monoisotopic (exact) mass is 477 g/mol. The fourth-order valence-electron chi connectivity index (χ4n) is 1.45. The number of ether oxygens (including phenoxy) is 2. The van der Waals surface area contributed by atoms with E-state index in [1.807, 2.05) is 31.1 Å². The van der Waals surface area contributed by atoms with Crippen LogP contribution in [0.3, 0.4) is 0 Å². The lowest BCUT2D eigenvalue weighted by Gasteiger charge is -2.16. The van der Waals surface area contributed by atoms with Gasteiger partial charge in [-0.25, -0.2) is 0 Å². The summed E-state index contributed by atoms with van der Waals surface area (Å²) in [7, 11) is 3.84. The van der Waals surface area contributed by atoms with Gasteiger partial charge in [0.25, 0.3) is 0 Å². The van der Waals surface area contributed by atoms with E-state index in [0.29, 0.717) is 52.4 Å². The lowest BCUT2D eigenvalue weighted by molar-refractivity contribution is 0.0880. The summed E-state index contributed by atoms with van der Waals surface area (Å²) in [5.41, 5.74) is 0. The maximum Gasteiger partial charge on any atom is 0.0905 e. The Hall–Kier alpha value is -2.03. The van der Waals surface area contributed by atoms with E-state index in [-0.39, 0.29) is 50.3 Å². The van der Waals surface area contributed by atoms with Crippen LogP contribution in [-0.4, -0.2) is 99.9 Å². The summed E-state index contributed by atoms with van der Waals surface area (Å²) in [6.45, 7) is 8.65. The third kappa shape index (κ3) is 65.2. The number of nitriles is 3. The molecule has 0 aliphatic rings. The second-order valence-corrected chi connectivity index (χ2v) is 5.43. The van der Waals surface area contributed by atoms with Gasteiger partial charge in [-0.3, -0.25) is 0 Å². The molecular weight excluding hydrogens is 422 g/mol. The van der Waals surface area contributed by atoms with Gasteiger partial charge in [0.1, 0.15) is 0 Å². The second-order valence-electron chi connectivity index (χ2n) is 5.43. The molecule has 0 aromatic carbocycles. The molecule has 0 unspecified atom stereocenters. The summed E-state index contributed by atoms with van der Waals surface area (Å²) in [5.74, 6) is 0. The molecule has 9 nitrogen and oxygen atoms in total. The van der Waals surface area contributed by atoms with Crippen molar-refractivity contribution in [2.45, 2.75) is 50.0 Å². The van der Waals surface area contributed by atoms with E-state index in [4.69, 9.17) is 35.5 Å². The summed E-state index contributed by atoms with van der Waals surface area (Å²) >= 11 is 0. The number of likely N-dealkylation sites (N-methyl/N-ethyl adjacent to an activating group) is 2. The van der Waals surface area contributed by atoms with Crippen LogP contribution in [0.15, 0.2) is 12.7 Å². The first-order valence-electron chi connectivity index (χ1n) is 9.02. The number of aliphatic hydroxyl groups excluding tert-OH is 2. The van der Waals surface area contributed by atoms with Crippen molar-refractivity contribution in [1.82, 2.24) is 9.80 Å². The van der Waals surface area contributed by atoms with Gasteiger partial charge in [0.2, 0.25) is 0 Å². The number of hydrogen-bond donors (Lipinski definition) is 2. The van der Waals surface area contributed by atoms with Crippen molar-refractivity contribution in [2.24, 2.45) is 0 Å². The molecule has 0 heterocycles. The minimum absolute atomic E-state index is 0. The fraction of sp³-hybridized carbons (Fsp3) is 0.792. The predicted molar refractivity (Wildman–Crippen MR) is 141 cm³/mol. The summed E-state index contributed by atoms with van der Waals surface area (Å²) < 4.78 is 10.5. The zero-order chi connectivity index (χ0) is 21.9. The molecule has 0 rings (SSSR count). The highest BCUT2D eigenvalue weighted by atomic mass is 16.5. The van der Waals surface area contributed by atoms with Crippen LogP contribution in [0, 0.1) is 34.0 Å². The van der Waals surface area contributed by atoms with Gasteiger partial charge < -0.3 is 29.5 Å². The maximum atomic E-state index is 8.34. The van der Waals surface area contributed by atoms with Crippen LogP contribution in [-0.2, 0) is 9.47 Å². The van der Waals surface area contributed by atoms with Crippen molar-refractivity contribution in [3.8, 4) is 18.2 Å². The van der Waals surface area contributed by atoms with Crippen molar-refractivity contribution in [2.75, 3.05) is 79.9 Å². The molecule has 9 heteroatoms. The van der Waals surface area contributed by atoms with E-state index in [2.05, 4.69) is 11.5 Å². The highest BCUT2D eigenvalue weighted by Gasteiger charge is 1.98. The van der Waals surface area contributed by atoms with Gasteiger partial charge in [-0.2, -0.15) is 15.8 Å². The van der Waals surface area contributed by atoms with Crippen molar-refractivity contribution >= 4 is 0 Å². The number of aliphatic hydroxyl groups is 2. The molecule has 0 aliphatic carbocycles. The largest absolute Gasteiger partial charge is 0.395 e. The Morgan fingerprint density at radius 3 is 1.24 bits per heavy atom. The fourth-order valence-corrected chi connectivity index (χ4v) is 1.45. The Balaban J connectivity index is -0.0000000527. The molecule has 0 aromatic rings. The van der Waals surface area contributed by atoms with Crippen LogP contribution in [0.1, 0.15) is 50.0 Å². The molecule has 0 saturated heterocycles. The standard InChI is InChI=1S/C11H19N3O2.C5H13NO2.C3H3N.5CH4/c1-14(6-10-15-8-2-4-12)7-11-16-9-3-5-13;1-6(2-4-7)3-5-8;1-2-3-4;;;;;/h2-3,6-11H2,1H3;7-8H,2-5H2,1H3;2H,1H2;5*1H4. The first-order chi connectivity index (χ1) is 13.5. The summed E-state index contributed by atoms with van der Waals surface area (Å²) in [5, 5.41) is 40.8. The van der Waals surface area contributed by atoms with Gasteiger partial charge >= 0.3 is 0 Å². The minimum atomic E-state index is 0. The van der Waals surface area contributed by atoms with E-state index in [9.17, 15) is 0 Å². The third-order valence-electron chi connectivity index (χ3n) is 3.01. The van der Waals surface area contributed by atoms with Crippen molar-refractivity contribution in [3.05, 3.63) is 12.7 Å². The maximum absolute atomic E-state index is 8.34. The molecule has 0 atom stereocenters. The molecule has 33 heavy (non-hydrogen) atoms. The average molecular weight is 478 g/mol. The molecule has 0 fully saturated rings. The van der Waals surface area contributed by atoms with Crippen molar-refractivity contribution in [1.29, 1.82) is 15.8 Å². The van der Waals surface area contributed by atoms with E-state index in [1.54, 1.807) is 6.07 Å². The van der Waals surface area contributed by atoms with Crippen LogP contribution >= 0.6 is 0 Å². The van der Waals surface area contributed by atoms with Gasteiger partial charge in [0, 0.05) is 32.3 Å². The smallest absolute Gasteiger partial charge is 0.0905 e. The molecule has 0 bridgehead atoms. The molecule has 0 amide bonds. The number of nitrogens with zero attached hydrogens (tertiary/aromatic N) is 5. The summed E-state index contributed by atoms with van der Waals surface area (Å²) in [6.07, 6.45) is 2.07. The van der Waals surface area contributed by atoms with Crippen LogP contribution < -0.4 is 0 Å². The van der Waals surface area contributed by atoms with Crippen molar-refractivity contribution in [3.63, 3.8) is 0 Å². The zero-order valence-electron chi connectivity index (χ0n) is 17.2. The molecule has 0 aromatic heterocycles. The van der Waals surface area contributed by atoms with E-state index < -0.39 is 0 Å². The van der Waals surface area contributed by atoms with Crippen LogP contribution in [0.2, 0.25) is 0 Å². The first-order valence-corrected chi connectivity index (χ1v) is 9.02. The topological polar surface area (TPSA) is 137 Å². The Bertz CT molecular complexity index is 416. The second kappa shape index (κ2) is 52.1. The summed E-state index contributed by atoms with van der Waals surface area (Å²) in [4.78, 5) is 3.96. The number of hydrogen-bond acceptors (Lipinski definition) is 9. The number of allylic oxidation sites excluding steroid dienone is 1. The molecule has 2 N–H and O–H groups in total. The van der Waals surface area contributed by atoms with E-state index in [0.717, 1.165) is 13.1 Å². The normalized spacial score (nSPS) is 7.85. The molecule has 0 radical (unpaired) electrons. The highest BCUT2D eigenvalue weighted by molar-refractivity contribution is 4.93. The van der Waals surface area contributed by atoms with Gasteiger partial charge in [-0.05, 0) is 14.1 Å². The lowest BCUT2D eigenvalue weighted by Crippen LogP contribution is -2.27. The molecule has 200 valence electrons. The molecule has 0 spiro atoms. The van der Waals surface area contributed by atoms with Crippen LogP contribution in [0.25, 0.3) is 0 Å².